The van der Waals surface area contributed by atoms with E-state index >= 15 is 0 Å². The number of carbonyl (C=O) groups excluding carboxylic acids is 2. The van der Waals surface area contributed by atoms with Crippen LogP contribution >= 0.6 is 15.9 Å². The molecule has 0 aromatic heterocycles. The van der Waals surface area contributed by atoms with Crippen LogP contribution in [0, 0.1) is 0 Å². The van der Waals surface area contributed by atoms with E-state index in [4.69, 9.17) is 5.11 Å². The molecule has 0 aliphatic heterocycles. The lowest BCUT2D eigenvalue weighted by atomic mass is 10.2. The molecule has 0 saturated heterocycles. The van der Waals surface area contributed by atoms with E-state index in [0.29, 0.717) is 12.0 Å². The van der Waals surface area contributed by atoms with Crippen molar-refractivity contribution in [1.82, 2.24) is 10.6 Å². The predicted octanol–water partition coefficient (Wildman–Crippen LogP) is 1.07. The van der Waals surface area contributed by atoms with Crippen LogP contribution in [0.15, 0.2) is 28.7 Å². The number of rotatable bonds is 6. The molecule has 0 heterocycles. The molecule has 0 aliphatic rings. The van der Waals surface area contributed by atoms with Crippen molar-refractivity contribution >= 4 is 27.7 Å². The van der Waals surface area contributed by atoms with Crippen LogP contribution in [0.25, 0.3) is 0 Å². The van der Waals surface area contributed by atoms with Gasteiger partial charge in [-0.3, -0.25) is 9.59 Å². The molecule has 0 spiro atoms. The first kappa shape index (κ1) is 15.7. The highest BCUT2D eigenvalue weighted by molar-refractivity contribution is 9.10. The van der Waals surface area contributed by atoms with Gasteiger partial charge < -0.3 is 15.7 Å². The summed E-state index contributed by atoms with van der Waals surface area (Å²) in [6.45, 7) is 1.64. The lowest BCUT2D eigenvalue weighted by Crippen LogP contribution is -2.43. The number of amides is 2. The number of carbonyl (C=O) groups is 2. The highest BCUT2D eigenvalue weighted by Gasteiger charge is 2.11. The summed E-state index contributed by atoms with van der Waals surface area (Å²) in [5, 5.41) is 14.1. The van der Waals surface area contributed by atoms with Crippen LogP contribution in [0.3, 0.4) is 0 Å². The summed E-state index contributed by atoms with van der Waals surface area (Å²) in [4.78, 5) is 23.3. The van der Waals surface area contributed by atoms with E-state index < -0.39 is 0 Å². The Labute approximate surface area is 120 Å². The molecule has 1 rings (SSSR count). The molecular weight excluding hydrogens is 312 g/mol. The lowest BCUT2D eigenvalue weighted by molar-refractivity contribution is -0.121. The van der Waals surface area contributed by atoms with E-state index in [0.717, 1.165) is 4.47 Å². The molecule has 5 nitrogen and oxygen atoms in total. The van der Waals surface area contributed by atoms with Gasteiger partial charge in [0, 0.05) is 10.0 Å². The monoisotopic (exact) mass is 328 g/mol. The van der Waals surface area contributed by atoms with Gasteiger partial charge in [0.1, 0.15) is 0 Å². The number of aliphatic hydroxyl groups is 1. The quantitative estimate of drug-likeness (QED) is 0.730. The van der Waals surface area contributed by atoms with E-state index in [1.54, 1.807) is 18.2 Å². The maximum atomic E-state index is 11.8. The SMILES string of the molecule is CCC(CO)NC(=O)CNC(=O)c1cccc(Br)c1. The van der Waals surface area contributed by atoms with Crippen molar-refractivity contribution < 1.29 is 14.7 Å². The van der Waals surface area contributed by atoms with Crippen LogP contribution in [-0.4, -0.2) is 36.1 Å². The van der Waals surface area contributed by atoms with Crippen molar-refractivity contribution in [3.63, 3.8) is 0 Å². The molecule has 0 radical (unpaired) electrons. The van der Waals surface area contributed by atoms with Gasteiger partial charge >= 0.3 is 0 Å². The fourth-order valence-electron chi connectivity index (χ4n) is 1.45. The van der Waals surface area contributed by atoms with E-state index in [-0.39, 0.29) is 31.0 Å². The Morgan fingerprint density at radius 2 is 2.16 bits per heavy atom. The van der Waals surface area contributed by atoms with Gasteiger partial charge in [-0.1, -0.05) is 28.9 Å². The molecule has 0 saturated carbocycles. The summed E-state index contributed by atoms with van der Waals surface area (Å²) in [5.41, 5.74) is 0.483. The van der Waals surface area contributed by atoms with E-state index in [1.807, 2.05) is 13.0 Å². The second-order valence-corrected chi connectivity index (χ2v) is 4.96. The Morgan fingerprint density at radius 1 is 1.42 bits per heavy atom. The lowest BCUT2D eigenvalue weighted by Gasteiger charge is -2.14. The Balaban J connectivity index is 2.44. The number of hydrogen-bond acceptors (Lipinski definition) is 3. The second-order valence-electron chi connectivity index (χ2n) is 4.05. The van der Waals surface area contributed by atoms with Gasteiger partial charge in [-0.25, -0.2) is 0 Å². The van der Waals surface area contributed by atoms with Gasteiger partial charge in [-0.05, 0) is 24.6 Å². The fraction of sp³-hybridized carbons (Fsp3) is 0.385. The molecule has 6 heteroatoms. The third-order valence-corrected chi connectivity index (χ3v) is 3.07. The smallest absolute Gasteiger partial charge is 0.251 e. The van der Waals surface area contributed by atoms with Crippen LogP contribution in [-0.2, 0) is 4.79 Å². The topological polar surface area (TPSA) is 78.4 Å². The maximum absolute atomic E-state index is 11.8. The summed E-state index contributed by atoms with van der Waals surface area (Å²) < 4.78 is 0.802. The zero-order chi connectivity index (χ0) is 14.3. The van der Waals surface area contributed by atoms with Crippen molar-refractivity contribution in [1.29, 1.82) is 0 Å². The molecule has 1 aromatic rings. The highest BCUT2D eigenvalue weighted by Crippen LogP contribution is 2.11. The molecule has 1 unspecified atom stereocenters. The zero-order valence-corrected chi connectivity index (χ0v) is 12.2. The number of benzene rings is 1. The largest absolute Gasteiger partial charge is 0.394 e. The molecule has 0 bridgehead atoms. The van der Waals surface area contributed by atoms with Crippen LogP contribution in [0.5, 0.6) is 0 Å². The van der Waals surface area contributed by atoms with Gasteiger partial charge in [-0.2, -0.15) is 0 Å². The van der Waals surface area contributed by atoms with Crippen molar-refractivity contribution in [2.24, 2.45) is 0 Å². The molecule has 1 aromatic carbocycles. The van der Waals surface area contributed by atoms with Gasteiger partial charge in [0.15, 0.2) is 0 Å². The summed E-state index contributed by atoms with van der Waals surface area (Å²) in [5.74, 6) is -0.627. The molecule has 19 heavy (non-hydrogen) atoms. The van der Waals surface area contributed by atoms with Crippen LogP contribution < -0.4 is 10.6 Å². The van der Waals surface area contributed by atoms with Crippen molar-refractivity contribution in [2.45, 2.75) is 19.4 Å². The predicted molar refractivity (Wildman–Crippen MR) is 75.8 cm³/mol. The van der Waals surface area contributed by atoms with Crippen molar-refractivity contribution in [3.8, 4) is 0 Å². The number of aliphatic hydroxyl groups excluding tert-OH is 1. The number of halogens is 1. The summed E-state index contributed by atoms with van der Waals surface area (Å²) in [6, 6.07) is 6.64. The molecule has 2 amide bonds. The third-order valence-electron chi connectivity index (χ3n) is 2.57. The summed E-state index contributed by atoms with van der Waals surface area (Å²) >= 11 is 3.27. The molecular formula is C13H17BrN2O3. The second kappa shape index (κ2) is 7.91. The Hall–Kier alpha value is -1.40. The summed E-state index contributed by atoms with van der Waals surface area (Å²) in [7, 11) is 0. The first-order valence-corrected chi connectivity index (χ1v) is 6.80. The molecule has 104 valence electrons. The minimum atomic E-state index is -0.316. The van der Waals surface area contributed by atoms with Crippen LogP contribution in [0.4, 0.5) is 0 Å². The molecule has 0 fully saturated rings. The Kier molecular flexibility index (Phi) is 6.52. The highest BCUT2D eigenvalue weighted by atomic mass is 79.9. The average Bonchev–Trinajstić information content (AvgIpc) is 2.42. The summed E-state index contributed by atoms with van der Waals surface area (Å²) in [6.07, 6.45) is 0.641. The normalized spacial score (nSPS) is 11.7. The minimum absolute atomic E-state index is 0.109. The van der Waals surface area contributed by atoms with E-state index in [9.17, 15) is 9.59 Å². The van der Waals surface area contributed by atoms with Gasteiger partial charge in [0.2, 0.25) is 5.91 Å². The minimum Gasteiger partial charge on any atom is -0.394 e. The number of nitrogens with one attached hydrogen (secondary N) is 2. The van der Waals surface area contributed by atoms with Crippen molar-refractivity contribution in [2.75, 3.05) is 13.2 Å². The average molecular weight is 329 g/mol. The third kappa shape index (κ3) is 5.40. The molecule has 1 atom stereocenters. The van der Waals surface area contributed by atoms with Gasteiger partial charge in [0.05, 0.1) is 19.2 Å². The van der Waals surface area contributed by atoms with Gasteiger partial charge in [-0.15, -0.1) is 0 Å². The zero-order valence-electron chi connectivity index (χ0n) is 10.6. The molecule has 3 N–H and O–H groups in total. The Morgan fingerprint density at radius 3 is 2.74 bits per heavy atom. The molecule has 0 aliphatic carbocycles. The van der Waals surface area contributed by atoms with Crippen LogP contribution in [0.1, 0.15) is 23.7 Å². The first-order chi connectivity index (χ1) is 9.06. The van der Waals surface area contributed by atoms with Crippen LogP contribution in [0.2, 0.25) is 0 Å². The van der Waals surface area contributed by atoms with E-state index in [1.165, 1.54) is 0 Å². The standard InChI is InChI=1S/C13H17BrN2O3/c1-2-11(8-17)16-12(18)7-15-13(19)9-4-3-5-10(14)6-9/h3-6,11,17H,2,7-8H2,1H3,(H,15,19)(H,16,18). The van der Waals surface area contributed by atoms with E-state index in [2.05, 4.69) is 26.6 Å². The maximum Gasteiger partial charge on any atom is 0.251 e. The Bertz CT molecular complexity index is 447. The van der Waals surface area contributed by atoms with Crippen molar-refractivity contribution in [3.05, 3.63) is 34.3 Å². The fourth-order valence-corrected chi connectivity index (χ4v) is 1.85. The first-order valence-electron chi connectivity index (χ1n) is 6.00. The van der Waals surface area contributed by atoms with Gasteiger partial charge in [0.25, 0.3) is 5.91 Å². The number of hydrogen-bond donors (Lipinski definition) is 3.